The number of anilines is 1. The maximum Gasteiger partial charge on any atom is 0.310 e. The van der Waals surface area contributed by atoms with E-state index >= 15 is 0 Å². The molecule has 5 aromatic rings. The van der Waals surface area contributed by atoms with Crippen molar-refractivity contribution in [2.75, 3.05) is 4.90 Å². The number of amides is 1. The highest BCUT2D eigenvalue weighted by molar-refractivity contribution is 7.80. The molecular weight excluding hydrogens is 563 g/mol. The molecule has 1 N–H and O–H groups in total. The highest BCUT2D eigenvalue weighted by Crippen LogP contribution is 2.43. The standard InChI is InChI=1S/C38H33N2O3P/c1-2-31(38(42)43)26-20-22-27(23-21-26)36-33(40-25-39-32-17-10-9-12-28(32)24-34(39)37(40)41)18-11-19-35(36)44(29-13-5-3-6-14-29)30-15-7-4-8-16-30/h3-9,11-16,18-24,31H,2,10,17,25H2,1H3,(H,42,43). The highest BCUT2D eigenvalue weighted by atomic mass is 31.1. The number of aliphatic carboxylic acids is 1. The Morgan fingerprint density at radius 3 is 2.20 bits per heavy atom. The van der Waals surface area contributed by atoms with Crippen LogP contribution >= 0.6 is 7.92 Å². The third kappa shape index (κ3) is 4.88. The molecule has 6 heteroatoms. The third-order valence-corrected chi connectivity index (χ3v) is 11.2. The van der Waals surface area contributed by atoms with E-state index in [-0.39, 0.29) is 5.91 Å². The molecule has 2 heterocycles. The summed E-state index contributed by atoms with van der Waals surface area (Å²) in [6.07, 6.45) is 6.73. The fraction of sp³-hybridized carbons (Fsp3) is 0.158. The first-order valence-corrected chi connectivity index (χ1v) is 16.5. The Kier molecular flexibility index (Phi) is 7.49. The molecule has 44 heavy (non-hydrogen) atoms. The van der Waals surface area contributed by atoms with E-state index in [4.69, 9.17) is 0 Å². The summed E-state index contributed by atoms with van der Waals surface area (Å²) in [5, 5.41) is 13.4. The van der Waals surface area contributed by atoms with Gasteiger partial charge in [-0.2, -0.15) is 0 Å². The Morgan fingerprint density at radius 2 is 1.57 bits per heavy atom. The van der Waals surface area contributed by atoms with Crippen LogP contribution in [0.5, 0.6) is 0 Å². The van der Waals surface area contributed by atoms with E-state index < -0.39 is 19.8 Å². The lowest BCUT2D eigenvalue weighted by Crippen LogP contribution is -2.28. The lowest BCUT2D eigenvalue weighted by molar-refractivity contribution is -0.138. The van der Waals surface area contributed by atoms with Gasteiger partial charge in [0.25, 0.3) is 5.91 Å². The molecule has 7 rings (SSSR count). The van der Waals surface area contributed by atoms with Gasteiger partial charge in [0, 0.05) is 11.3 Å². The van der Waals surface area contributed by atoms with Crippen LogP contribution in [0.2, 0.25) is 0 Å². The lowest BCUT2D eigenvalue weighted by Gasteiger charge is -2.27. The van der Waals surface area contributed by atoms with Crippen molar-refractivity contribution >= 4 is 47.5 Å². The van der Waals surface area contributed by atoms with Crippen LogP contribution in [-0.2, 0) is 17.9 Å². The number of benzene rings is 4. The summed E-state index contributed by atoms with van der Waals surface area (Å²) in [5.41, 5.74) is 6.72. The van der Waals surface area contributed by atoms with Gasteiger partial charge >= 0.3 is 5.97 Å². The Morgan fingerprint density at radius 1 is 0.886 bits per heavy atom. The van der Waals surface area contributed by atoms with Crippen LogP contribution in [0.3, 0.4) is 0 Å². The zero-order valence-electron chi connectivity index (χ0n) is 24.6. The minimum Gasteiger partial charge on any atom is -0.481 e. The van der Waals surface area contributed by atoms with Crippen molar-refractivity contribution in [3.8, 4) is 11.1 Å². The van der Waals surface area contributed by atoms with Gasteiger partial charge in [-0.15, -0.1) is 0 Å². The summed E-state index contributed by atoms with van der Waals surface area (Å²) >= 11 is 0. The maximum absolute atomic E-state index is 14.1. The zero-order valence-corrected chi connectivity index (χ0v) is 25.5. The second kappa shape index (κ2) is 11.7. The third-order valence-electron chi connectivity index (χ3n) is 8.72. The fourth-order valence-corrected chi connectivity index (χ4v) is 9.08. The molecule has 0 bridgehead atoms. The summed E-state index contributed by atoms with van der Waals surface area (Å²) in [6, 6.07) is 37.4. The fourth-order valence-electron chi connectivity index (χ4n) is 6.58. The predicted octanol–water partition coefficient (Wildman–Crippen LogP) is 7.07. The molecule has 218 valence electrons. The summed E-state index contributed by atoms with van der Waals surface area (Å²) in [5.74, 6) is -1.37. The Hall–Kier alpha value is -4.73. The summed E-state index contributed by atoms with van der Waals surface area (Å²) in [7, 11) is -0.972. The monoisotopic (exact) mass is 596 g/mol. The van der Waals surface area contributed by atoms with E-state index in [1.54, 1.807) is 0 Å². The molecule has 1 aliphatic heterocycles. The minimum absolute atomic E-state index is 0.00324. The SMILES string of the molecule is CCC(C(=O)O)c1ccc(-c2c(N3Cn4c(cc5c4CCC=C5)C3=O)cccc2P(c2ccccc2)c2ccccc2)cc1. The average Bonchev–Trinajstić information content (AvgIpc) is 3.59. The number of nitrogens with zero attached hydrogens (tertiary/aromatic N) is 2. The first kappa shape index (κ1) is 28.1. The molecule has 2 aliphatic rings. The van der Waals surface area contributed by atoms with Gasteiger partial charge in [-0.25, -0.2) is 0 Å². The smallest absolute Gasteiger partial charge is 0.310 e. The van der Waals surface area contributed by atoms with Crippen molar-refractivity contribution in [2.24, 2.45) is 0 Å². The van der Waals surface area contributed by atoms with Crippen LogP contribution in [0.1, 0.15) is 53.0 Å². The number of carbonyl (C=O) groups excluding carboxylic acids is 1. The molecule has 5 nitrogen and oxygen atoms in total. The Balaban J connectivity index is 1.42. The van der Waals surface area contributed by atoms with E-state index in [1.807, 2.05) is 54.3 Å². The van der Waals surface area contributed by atoms with Crippen LogP contribution in [0.15, 0.2) is 115 Å². The second-order valence-corrected chi connectivity index (χ2v) is 13.5. The number of fused-ring (bicyclic) bond motifs is 3. The molecular formula is C38H33N2O3P. The predicted molar refractivity (Wildman–Crippen MR) is 180 cm³/mol. The summed E-state index contributed by atoms with van der Waals surface area (Å²) in [6.45, 7) is 2.37. The van der Waals surface area contributed by atoms with Crippen molar-refractivity contribution in [3.05, 3.63) is 138 Å². The molecule has 1 amide bonds. The lowest BCUT2D eigenvalue weighted by atomic mass is 9.94. The number of carbonyl (C=O) groups is 2. The second-order valence-electron chi connectivity index (χ2n) is 11.3. The number of aromatic nitrogens is 1. The maximum atomic E-state index is 14.1. The number of hydrogen-bond donors (Lipinski definition) is 1. The van der Waals surface area contributed by atoms with Crippen LogP contribution in [0.25, 0.3) is 17.2 Å². The number of allylic oxidation sites excluding steroid dienone is 1. The van der Waals surface area contributed by atoms with Crippen molar-refractivity contribution < 1.29 is 14.7 Å². The van der Waals surface area contributed by atoms with E-state index in [0.717, 1.165) is 51.8 Å². The number of rotatable bonds is 8. The largest absolute Gasteiger partial charge is 0.481 e. The van der Waals surface area contributed by atoms with Gasteiger partial charge in [-0.05, 0) is 71.9 Å². The van der Waals surface area contributed by atoms with Crippen molar-refractivity contribution in [1.82, 2.24) is 4.57 Å². The molecule has 0 spiro atoms. The normalized spacial score (nSPS) is 14.5. The molecule has 1 unspecified atom stereocenters. The van der Waals surface area contributed by atoms with Crippen molar-refractivity contribution in [3.63, 3.8) is 0 Å². The highest BCUT2D eigenvalue weighted by Gasteiger charge is 2.35. The Bertz CT molecular complexity index is 1840. The number of carboxylic acid groups (broad SMARTS) is 1. The van der Waals surface area contributed by atoms with Gasteiger partial charge in [0.15, 0.2) is 0 Å². The first-order valence-electron chi connectivity index (χ1n) is 15.1. The van der Waals surface area contributed by atoms with Gasteiger partial charge in [0.1, 0.15) is 12.4 Å². The number of carboxylic acids is 1. The van der Waals surface area contributed by atoms with Crippen LogP contribution in [0.4, 0.5) is 5.69 Å². The van der Waals surface area contributed by atoms with E-state index in [0.29, 0.717) is 13.1 Å². The van der Waals surface area contributed by atoms with E-state index in [1.165, 1.54) is 16.3 Å². The Labute approximate surface area is 258 Å². The molecule has 0 fully saturated rings. The van der Waals surface area contributed by atoms with E-state index in [2.05, 4.69) is 83.4 Å². The van der Waals surface area contributed by atoms with Crippen molar-refractivity contribution in [2.45, 2.75) is 38.8 Å². The minimum atomic E-state index is -0.972. The van der Waals surface area contributed by atoms with Gasteiger partial charge in [-0.3, -0.25) is 14.5 Å². The molecule has 0 saturated carbocycles. The quantitative estimate of drug-likeness (QED) is 0.195. The average molecular weight is 597 g/mol. The summed E-state index contributed by atoms with van der Waals surface area (Å²) in [4.78, 5) is 28.0. The summed E-state index contributed by atoms with van der Waals surface area (Å²) < 4.78 is 2.18. The first-order chi connectivity index (χ1) is 21.5. The molecule has 0 radical (unpaired) electrons. The number of hydrogen-bond acceptors (Lipinski definition) is 2. The molecule has 0 saturated heterocycles. The van der Waals surface area contributed by atoms with Gasteiger partial charge in [0.2, 0.25) is 0 Å². The van der Waals surface area contributed by atoms with Gasteiger partial charge in [-0.1, -0.05) is 116 Å². The van der Waals surface area contributed by atoms with Gasteiger partial charge in [0.05, 0.1) is 11.6 Å². The van der Waals surface area contributed by atoms with Crippen LogP contribution < -0.4 is 20.8 Å². The molecule has 1 aromatic heterocycles. The molecule has 4 aromatic carbocycles. The van der Waals surface area contributed by atoms with Crippen molar-refractivity contribution in [1.29, 1.82) is 0 Å². The zero-order chi connectivity index (χ0) is 30.2. The van der Waals surface area contributed by atoms with Gasteiger partial charge < -0.3 is 9.67 Å². The van der Waals surface area contributed by atoms with Crippen LogP contribution in [0, 0.1) is 0 Å². The molecule has 1 aliphatic carbocycles. The van der Waals surface area contributed by atoms with E-state index in [9.17, 15) is 14.7 Å². The van der Waals surface area contributed by atoms with Crippen LogP contribution in [-0.4, -0.2) is 21.6 Å². The molecule has 1 atom stereocenters. The topological polar surface area (TPSA) is 62.5 Å².